The number of anilines is 2. The molecule has 2 N–H and O–H groups in total. The number of hydrogen-bond acceptors (Lipinski definition) is 6. The molecule has 1 aliphatic heterocycles. The van der Waals surface area contributed by atoms with Crippen molar-refractivity contribution in [2.75, 3.05) is 44.0 Å². The van der Waals surface area contributed by atoms with Crippen molar-refractivity contribution in [3.63, 3.8) is 0 Å². The van der Waals surface area contributed by atoms with Crippen LogP contribution in [-0.2, 0) is 9.47 Å². The molecule has 1 atom stereocenters. The first-order valence-electron chi connectivity index (χ1n) is 6.82. The molecule has 1 aliphatic rings. The maximum absolute atomic E-state index is 6.12. The smallest absolute Gasteiger partial charge is 0.224 e. The molecule has 112 valence electrons. The lowest BCUT2D eigenvalue weighted by Crippen LogP contribution is -2.39. The molecular weight excluding hydrogens is 280 g/mol. The van der Waals surface area contributed by atoms with Crippen molar-refractivity contribution >= 4 is 23.4 Å². The molecule has 1 unspecified atom stereocenters. The summed E-state index contributed by atoms with van der Waals surface area (Å²) in [5.74, 6) is 1.19. The first-order valence-corrected chi connectivity index (χ1v) is 7.20. The van der Waals surface area contributed by atoms with E-state index in [9.17, 15) is 0 Å². The van der Waals surface area contributed by atoms with Gasteiger partial charge < -0.3 is 20.1 Å². The van der Waals surface area contributed by atoms with Crippen LogP contribution < -0.4 is 10.6 Å². The minimum Gasteiger partial charge on any atom is -0.378 e. The lowest BCUT2D eigenvalue weighted by molar-refractivity contribution is -0.00625. The quantitative estimate of drug-likeness (QED) is 0.804. The zero-order valence-corrected chi connectivity index (χ0v) is 12.7. The Balaban J connectivity index is 2.00. The standard InChI is InChI=1S/C13H21ClN4O2/c1-3-5-15-12-16-7-10(14)11(18-12)17-8-13(19-2)4-6-20-9-13/h7H,3-6,8-9H2,1-2H3,(H2,15,16,17,18). The molecule has 0 bridgehead atoms. The van der Waals surface area contributed by atoms with Gasteiger partial charge in [-0.2, -0.15) is 4.98 Å². The van der Waals surface area contributed by atoms with Crippen LogP contribution in [0.3, 0.4) is 0 Å². The van der Waals surface area contributed by atoms with Gasteiger partial charge in [-0.1, -0.05) is 18.5 Å². The Kier molecular flexibility index (Phi) is 5.39. The van der Waals surface area contributed by atoms with Gasteiger partial charge in [-0.15, -0.1) is 0 Å². The number of halogens is 1. The van der Waals surface area contributed by atoms with E-state index in [1.807, 2.05) is 0 Å². The minimum absolute atomic E-state index is 0.300. The number of ether oxygens (including phenoxy) is 2. The van der Waals surface area contributed by atoms with Gasteiger partial charge in [0.25, 0.3) is 0 Å². The van der Waals surface area contributed by atoms with Crippen molar-refractivity contribution in [3.05, 3.63) is 11.2 Å². The highest BCUT2D eigenvalue weighted by atomic mass is 35.5. The summed E-state index contributed by atoms with van der Waals surface area (Å²) in [6.45, 7) is 4.82. The van der Waals surface area contributed by atoms with Gasteiger partial charge >= 0.3 is 0 Å². The van der Waals surface area contributed by atoms with Crippen molar-refractivity contribution in [2.45, 2.75) is 25.4 Å². The summed E-state index contributed by atoms with van der Waals surface area (Å²) in [5, 5.41) is 6.87. The molecule has 1 aromatic heterocycles. The fourth-order valence-corrected chi connectivity index (χ4v) is 2.18. The van der Waals surface area contributed by atoms with Gasteiger partial charge in [0, 0.05) is 33.2 Å². The molecular formula is C13H21ClN4O2. The van der Waals surface area contributed by atoms with Crippen LogP contribution in [0.5, 0.6) is 0 Å². The van der Waals surface area contributed by atoms with Gasteiger partial charge in [-0.3, -0.25) is 0 Å². The van der Waals surface area contributed by atoms with Gasteiger partial charge in [0.2, 0.25) is 5.95 Å². The second-order valence-corrected chi connectivity index (χ2v) is 5.27. The molecule has 0 saturated carbocycles. The lowest BCUT2D eigenvalue weighted by atomic mass is 10.0. The van der Waals surface area contributed by atoms with E-state index in [0.717, 1.165) is 26.0 Å². The Labute approximate surface area is 124 Å². The van der Waals surface area contributed by atoms with Crippen LogP contribution in [0.2, 0.25) is 5.02 Å². The zero-order chi connectivity index (χ0) is 14.4. The molecule has 6 nitrogen and oxygen atoms in total. The molecule has 0 aliphatic carbocycles. The van der Waals surface area contributed by atoms with Crippen LogP contribution in [0.4, 0.5) is 11.8 Å². The third kappa shape index (κ3) is 3.71. The Morgan fingerprint density at radius 3 is 3.00 bits per heavy atom. The molecule has 1 saturated heterocycles. The van der Waals surface area contributed by atoms with Crippen LogP contribution in [0, 0.1) is 0 Å². The topological polar surface area (TPSA) is 68.3 Å². The third-order valence-corrected chi connectivity index (χ3v) is 3.63. The van der Waals surface area contributed by atoms with Gasteiger partial charge in [0.15, 0.2) is 5.82 Å². The summed E-state index contributed by atoms with van der Waals surface area (Å²) in [5.41, 5.74) is -0.300. The van der Waals surface area contributed by atoms with E-state index >= 15 is 0 Å². The van der Waals surface area contributed by atoms with Gasteiger partial charge in [-0.25, -0.2) is 4.98 Å². The zero-order valence-electron chi connectivity index (χ0n) is 11.9. The molecule has 2 heterocycles. The summed E-state index contributed by atoms with van der Waals surface area (Å²) in [7, 11) is 1.70. The van der Waals surface area contributed by atoms with Crippen molar-refractivity contribution in [3.8, 4) is 0 Å². The highest BCUT2D eigenvalue weighted by Crippen LogP contribution is 2.25. The third-order valence-electron chi connectivity index (χ3n) is 3.36. The average Bonchev–Trinajstić information content (AvgIpc) is 2.94. The van der Waals surface area contributed by atoms with Gasteiger partial charge in [0.1, 0.15) is 10.6 Å². The minimum atomic E-state index is -0.300. The van der Waals surface area contributed by atoms with E-state index in [4.69, 9.17) is 21.1 Å². The van der Waals surface area contributed by atoms with Crippen LogP contribution in [0.25, 0.3) is 0 Å². The Bertz CT molecular complexity index is 438. The van der Waals surface area contributed by atoms with Gasteiger partial charge in [-0.05, 0) is 6.42 Å². The first kappa shape index (κ1) is 15.3. The molecule has 1 aromatic rings. The highest BCUT2D eigenvalue weighted by Gasteiger charge is 2.35. The van der Waals surface area contributed by atoms with E-state index in [2.05, 4.69) is 27.5 Å². The summed E-state index contributed by atoms with van der Waals surface area (Å²) in [6, 6.07) is 0. The number of methoxy groups -OCH3 is 1. The van der Waals surface area contributed by atoms with Gasteiger partial charge in [0.05, 0.1) is 12.8 Å². The second-order valence-electron chi connectivity index (χ2n) is 4.86. The molecule has 0 amide bonds. The fourth-order valence-electron chi connectivity index (χ4n) is 2.02. The summed E-state index contributed by atoms with van der Waals surface area (Å²) in [4.78, 5) is 8.52. The van der Waals surface area contributed by atoms with Crippen molar-refractivity contribution < 1.29 is 9.47 Å². The molecule has 7 heteroatoms. The van der Waals surface area contributed by atoms with E-state index in [-0.39, 0.29) is 5.60 Å². The van der Waals surface area contributed by atoms with E-state index in [0.29, 0.717) is 29.9 Å². The van der Waals surface area contributed by atoms with E-state index in [1.54, 1.807) is 13.3 Å². The monoisotopic (exact) mass is 300 g/mol. The van der Waals surface area contributed by atoms with Crippen LogP contribution >= 0.6 is 11.6 Å². The molecule has 2 rings (SSSR count). The Morgan fingerprint density at radius 1 is 1.50 bits per heavy atom. The van der Waals surface area contributed by atoms with Crippen LogP contribution in [-0.4, -0.2) is 49.0 Å². The number of nitrogens with zero attached hydrogens (tertiary/aromatic N) is 2. The largest absolute Gasteiger partial charge is 0.378 e. The first-order chi connectivity index (χ1) is 9.69. The fraction of sp³-hybridized carbons (Fsp3) is 0.692. The van der Waals surface area contributed by atoms with Crippen LogP contribution in [0.1, 0.15) is 19.8 Å². The Hall–Kier alpha value is -1.11. The number of aromatic nitrogens is 2. The predicted molar refractivity (Wildman–Crippen MR) is 79.5 cm³/mol. The molecule has 1 fully saturated rings. The predicted octanol–water partition coefficient (Wildman–Crippen LogP) is 2.17. The molecule has 20 heavy (non-hydrogen) atoms. The van der Waals surface area contributed by atoms with Crippen molar-refractivity contribution in [1.29, 1.82) is 0 Å². The average molecular weight is 301 g/mol. The second kappa shape index (κ2) is 7.06. The SMILES string of the molecule is CCCNc1ncc(Cl)c(NCC2(OC)CCOC2)n1. The van der Waals surface area contributed by atoms with E-state index in [1.165, 1.54) is 0 Å². The summed E-state index contributed by atoms with van der Waals surface area (Å²) >= 11 is 6.12. The van der Waals surface area contributed by atoms with E-state index < -0.39 is 0 Å². The van der Waals surface area contributed by atoms with Crippen LogP contribution in [0.15, 0.2) is 6.20 Å². The molecule has 0 radical (unpaired) electrons. The maximum atomic E-state index is 6.12. The molecule has 0 aromatic carbocycles. The number of rotatable bonds is 7. The number of hydrogen-bond donors (Lipinski definition) is 2. The van der Waals surface area contributed by atoms with Crippen molar-refractivity contribution in [1.82, 2.24) is 9.97 Å². The van der Waals surface area contributed by atoms with Crippen molar-refractivity contribution in [2.24, 2.45) is 0 Å². The summed E-state index contributed by atoms with van der Waals surface area (Å²) < 4.78 is 11.0. The molecule has 0 spiro atoms. The summed E-state index contributed by atoms with van der Waals surface area (Å²) in [6.07, 6.45) is 3.47. The normalized spacial score (nSPS) is 21.9. The maximum Gasteiger partial charge on any atom is 0.224 e. The highest BCUT2D eigenvalue weighted by molar-refractivity contribution is 6.32. The number of nitrogens with one attached hydrogen (secondary N) is 2. The lowest BCUT2D eigenvalue weighted by Gasteiger charge is -2.26. The Morgan fingerprint density at radius 2 is 2.35 bits per heavy atom.